The second-order valence-electron chi connectivity index (χ2n) is 15.5. The molecule has 286 valence electrons. The van der Waals surface area contributed by atoms with E-state index in [9.17, 15) is 0 Å². The number of rotatable bonds is 8. The molecule has 3 heterocycles. The number of hydrogen-bond acceptors (Lipinski definition) is 3. The van der Waals surface area contributed by atoms with Crippen molar-refractivity contribution in [3.8, 4) is 5.69 Å². The number of fused-ring (bicyclic) bond motifs is 7. The lowest BCUT2D eigenvalue weighted by molar-refractivity contribution is 1.13. The van der Waals surface area contributed by atoms with E-state index in [1.165, 1.54) is 66.6 Å². The van der Waals surface area contributed by atoms with Gasteiger partial charge in [0.2, 0.25) is 0 Å². The summed E-state index contributed by atoms with van der Waals surface area (Å²) in [4.78, 5) is 7.41. The zero-order valence-electron chi connectivity index (χ0n) is 33.8. The van der Waals surface area contributed by atoms with Crippen LogP contribution in [0.1, 0.15) is 20.3 Å². The third-order valence-electron chi connectivity index (χ3n) is 12.1. The fourth-order valence-electron chi connectivity index (χ4n) is 9.79. The minimum atomic E-state index is 0.0374. The Morgan fingerprint density at radius 3 is 1.97 bits per heavy atom. The molecule has 0 radical (unpaired) electrons. The second kappa shape index (κ2) is 14.7. The van der Waals surface area contributed by atoms with Crippen LogP contribution < -0.4 is 31.1 Å². The van der Waals surface area contributed by atoms with Crippen molar-refractivity contribution in [3.05, 3.63) is 218 Å². The highest BCUT2D eigenvalue weighted by Crippen LogP contribution is 2.47. The lowest BCUT2D eigenvalue weighted by atomic mass is 9.33. The smallest absolute Gasteiger partial charge is 0.252 e. The van der Waals surface area contributed by atoms with E-state index in [-0.39, 0.29) is 6.71 Å². The van der Waals surface area contributed by atoms with Crippen LogP contribution >= 0.6 is 0 Å². The minimum absolute atomic E-state index is 0.0374. The van der Waals surface area contributed by atoms with Crippen LogP contribution in [0.4, 0.5) is 45.5 Å². The van der Waals surface area contributed by atoms with Crippen LogP contribution in [0.25, 0.3) is 27.5 Å². The molecule has 0 aliphatic carbocycles. The summed E-state index contributed by atoms with van der Waals surface area (Å²) in [6.45, 7) is 4.36. The third kappa shape index (κ3) is 5.54. The summed E-state index contributed by atoms with van der Waals surface area (Å²) in [5, 5.41) is 2.45. The van der Waals surface area contributed by atoms with Gasteiger partial charge in [-0.05, 0) is 115 Å². The van der Waals surface area contributed by atoms with E-state index in [2.05, 4.69) is 245 Å². The number of aromatic nitrogens is 1. The zero-order chi connectivity index (χ0) is 40.2. The molecule has 0 bridgehead atoms. The van der Waals surface area contributed by atoms with E-state index in [1.54, 1.807) is 0 Å². The Morgan fingerprint density at radius 1 is 0.550 bits per heavy atom. The summed E-state index contributed by atoms with van der Waals surface area (Å²) in [7, 11) is 0. The summed E-state index contributed by atoms with van der Waals surface area (Å²) in [6, 6.07) is 71.0. The number of benzene rings is 8. The van der Waals surface area contributed by atoms with Gasteiger partial charge in [-0.15, -0.1) is 0 Å². The average molecular weight is 771 g/mol. The molecule has 8 aromatic carbocycles. The Morgan fingerprint density at radius 2 is 1.18 bits per heavy atom. The molecule has 4 nitrogen and oxygen atoms in total. The van der Waals surface area contributed by atoms with Crippen molar-refractivity contribution in [1.29, 1.82) is 0 Å². The first-order chi connectivity index (χ1) is 29.7. The van der Waals surface area contributed by atoms with Gasteiger partial charge in [-0.1, -0.05) is 134 Å². The molecule has 0 N–H and O–H groups in total. The molecular formula is C55H43BN4. The Labute approximate surface area is 352 Å². The van der Waals surface area contributed by atoms with Crippen LogP contribution in [0.5, 0.6) is 0 Å². The Kier molecular flexibility index (Phi) is 8.74. The standard InChI is InChI=1S/C55H43BN4/c1-3-20-39(21-4-2)58-49-32-17-15-30-46(49)56-47-37-36-43(38-53(47)59(41-24-10-6-11-25-41)51-34-19-33-50(58)54(51)56)57(40-22-8-5-9-23-40)52-35-18-29-45-44-28-14-16-31-48(44)60(55(45)52)42-26-12-7-13-27-42/h3,5-38H,4H2,1-2H3/b20-3-,39-21+. The first kappa shape index (κ1) is 35.7. The molecule has 1 aromatic heterocycles. The van der Waals surface area contributed by atoms with Crippen LogP contribution in [0, 0.1) is 0 Å². The van der Waals surface area contributed by atoms with Crippen LogP contribution in [0.2, 0.25) is 0 Å². The fourth-order valence-corrected chi connectivity index (χ4v) is 9.79. The van der Waals surface area contributed by atoms with Gasteiger partial charge in [0.25, 0.3) is 6.71 Å². The van der Waals surface area contributed by atoms with E-state index < -0.39 is 0 Å². The molecule has 11 rings (SSSR count). The van der Waals surface area contributed by atoms with Crippen molar-refractivity contribution >= 4 is 90.4 Å². The first-order valence-electron chi connectivity index (χ1n) is 21.0. The van der Waals surface area contributed by atoms with Gasteiger partial charge in [0.05, 0.1) is 16.7 Å². The maximum Gasteiger partial charge on any atom is 0.252 e. The van der Waals surface area contributed by atoms with Gasteiger partial charge in [-0.2, -0.15) is 0 Å². The van der Waals surface area contributed by atoms with Gasteiger partial charge in [0.1, 0.15) is 0 Å². The highest BCUT2D eigenvalue weighted by Gasteiger charge is 2.43. The maximum atomic E-state index is 2.49. The van der Waals surface area contributed by atoms with E-state index in [0.717, 1.165) is 34.9 Å². The monoisotopic (exact) mass is 770 g/mol. The molecule has 0 saturated heterocycles. The maximum absolute atomic E-state index is 2.49. The van der Waals surface area contributed by atoms with Crippen molar-refractivity contribution < 1.29 is 0 Å². The molecule has 5 heteroatoms. The van der Waals surface area contributed by atoms with Crippen LogP contribution in [-0.4, -0.2) is 11.3 Å². The van der Waals surface area contributed by atoms with Gasteiger partial charge in [0.15, 0.2) is 0 Å². The molecule has 0 unspecified atom stereocenters. The summed E-state index contributed by atoms with van der Waals surface area (Å²) in [5.41, 5.74) is 17.8. The topological polar surface area (TPSA) is 14.7 Å². The molecule has 60 heavy (non-hydrogen) atoms. The zero-order valence-corrected chi connectivity index (χ0v) is 33.8. The van der Waals surface area contributed by atoms with Gasteiger partial charge in [-0.3, -0.25) is 0 Å². The Bertz CT molecular complexity index is 3110. The molecule has 0 saturated carbocycles. The van der Waals surface area contributed by atoms with E-state index in [0.29, 0.717) is 0 Å². The largest absolute Gasteiger partial charge is 0.312 e. The molecule has 2 aliphatic rings. The van der Waals surface area contributed by atoms with Crippen molar-refractivity contribution in [1.82, 2.24) is 4.57 Å². The summed E-state index contributed by atoms with van der Waals surface area (Å²) < 4.78 is 2.43. The first-order valence-corrected chi connectivity index (χ1v) is 21.0. The number of allylic oxidation sites excluding steroid dienone is 3. The molecular weight excluding hydrogens is 727 g/mol. The summed E-state index contributed by atoms with van der Waals surface area (Å²) in [6.07, 6.45) is 7.67. The minimum Gasteiger partial charge on any atom is -0.312 e. The van der Waals surface area contributed by atoms with Gasteiger partial charge in [0, 0.05) is 62.0 Å². The molecule has 0 atom stereocenters. The van der Waals surface area contributed by atoms with Crippen molar-refractivity contribution in [3.63, 3.8) is 0 Å². The molecule has 9 aromatic rings. The number of nitrogens with zero attached hydrogens (tertiary/aromatic N) is 4. The van der Waals surface area contributed by atoms with E-state index in [1.807, 2.05) is 0 Å². The molecule has 2 aliphatic heterocycles. The van der Waals surface area contributed by atoms with Gasteiger partial charge >= 0.3 is 0 Å². The van der Waals surface area contributed by atoms with E-state index >= 15 is 0 Å². The van der Waals surface area contributed by atoms with Crippen molar-refractivity contribution in [2.75, 3.05) is 14.7 Å². The summed E-state index contributed by atoms with van der Waals surface area (Å²) >= 11 is 0. The Hall–Kier alpha value is -7.50. The lowest BCUT2D eigenvalue weighted by Crippen LogP contribution is -2.61. The van der Waals surface area contributed by atoms with Gasteiger partial charge < -0.3 is 19.3 Å². The lowest BCUT2D eigenvalue weighted by Gasteiger charge is -2.44. The third-order valence-corrected chi connectivity index (χ3v) is 12.1. The Balaban J connectivity index is 1.19. The fraction of sp³-hybridized carbons (Fsp3) is 0.0545. The molecule has 0 amide bonds. The number of anilines is 8. The van der Waals surface area contributed by atoms with Crippen LogP contribution in [0.15, 0.2) is 218 Å². The normalized spacial score (nSPS) is 13.2. The van der Waals surface area contributed by atoms with Crippen LogP contribution in [-0.2, 0) is 0 Å². The van der Waals surface area contributed by atoms with Crippen molar-refractivity contribution in [2.24, 2.45) is 0 Å². The predicted molar refractivity (Wildman–Crippen MR) is 257 cm³/mol. The SMILES string of the molecule is C/C=C\C(=C/CC)N1c2ccccc2B2c3ccc(N(c4ccccc4)c4cccc5c6ccccc6n(-c6ccccc6)c45)cc3N(c3ccccc3)c3cccc1c32. The molecule has 0 fully saturated rings. The molecule has 0 spiro atoms. The van der Waals surface area contributed by atoms with E-state index in [4.69, 9.17) is 0 Å². The highest BCUT2D eigenvalue weighted by atomic mass is 15.2. The second-order valence-corrected chi connectivity index (χ2v) is 15.5. The average Bonchev–Trinajstić information content (AvgIpc) is 3.65. The van der Waals surface area contributed by atoms with Gasteiger partial charge in [-0.25, -0.2) is 0 Å². The summed E-state index contributed by atoms with van der Waals surface area (Å²) in [5.74, 6) is 0. The highest BCUT2D eigenvalue weighted by molar-refractivity contribution is 7.00. The number of hydrogen-bond donors (Lipinski definition) is 0. The predicted octanol–water partition coefficient (Wildman–Crippen LogP) is 12.9. The number of para-hydroxylation sites is 6. The van der Waals surface area contributed by atoms with Crippen LogP contribution in [0.3, 0.4) is 0 Å². The van der Waals surface area contributed by atoms with Crippen molar-refractivity contribution in [2.45, 2.75) is 20.3 Å². The quantitative estimate of drug-likeness (QED) is 0.113.